The minimum Gasteiger partial charge on any atom is -0.369 e. The molecular formula is C10H14ClN5O. The van der Waals surface area contributed by atoms with E-state index in [-0.39, 0.29) is 23.9 Å². The summed E-state index contributed by atoms with van der Waals surface area (Å²) in [5.74, 6) is 1.02. The van der Waals surface area contributed by atoms with Gasteiger partial charge in [-0.15, -0.1) is 12.4 Å². The molecule has 1 saturated carbocycles. The number of hydrogen-bond donors (Lipinski definition) is 2. The average molecular weight is 256 g/mol. The van der Waals surface area contributed by atoms with Crippen LogP contribution >= 0.6 is 12.4 Å². The van der Waals surface area contributed by atoms with Gasteiger partial charge in [-0.1, -0.05) is 12.8 Å². The van der Waals surface area contributed by atoms with Crippen LogP contribution < -0.4 is 11.3 Å². The Labute approximate surface area is 104 Å². The van der Waals surface area contributed by atoms with Gasteiger partial charge in [0.15, 0.2) is 11.2 Å². The molecule has 0 saturated heterocycles. The normalized spacial score (nSPS) is 14.8. The smallest absolute Gasteiger partial charge is 0.280 e. The molecule has 0 amide bonds. The Morgan fingerprint density at radius 2 is 2.29 bits per heavy atom. The zero-order valence-electron chi connectivity index (χ0n) is 9.22. The number of H-pyrrole nitrogens is 1. The Balaban J connectivity index is 0.00000108. The largest absolute Gasteiger partial charge is 0.369 e. The maximum atomic E-state index is 12.0. The molecule has 1 fully saturated rings. The van der Waals surface area contributed by atoms with E-state index < -0.39 is 0 Å². The van der Waals surface area contributed by atoms with E-state index in [9.17, 15) is 4.79 Å². The van der Waals surface area contributed by atoms with Crippen LogP contribution in [0.4, 0.5) is 5.95 Å². The summed E-state index contributed by atoms with van der Waals surface area (Å²) in [5.41, 5.74) is 6.46. The lowest BCUT2D eigenvalue weighted by Crippen LogP contribution is -2.25. The number of nitrogens with two attached hydrogens (primary N) is 1. The fourth-order valence-corrected chi connectivity index (χ4v) is 1.87. The lowest BCUT2D eigenvalue weighted by molar-refractivity contribution is 0.585. The van der Waals surface area contributed by atoms with E-state index >= 15 is 0 Å². The number of hydrogen-bond acceptors (Lipinski definition) is 4. The number of halogens is 1. The molecule has 0 spiro atoms. The number of nitrogens with one attached hydrogen (secondary N) is 1. The van der Waals surface area contributed by atoms with Crippen molar-refractivity contribution < 1.29 is 0 Å². The summed E-state index contributed by atoms with van der Waals surface area (Å²) < 4.78 is 1.53. The lowest BCUT2D eigenvalue weighted by Gasteiger charge is -2.07. The molecule has 3 N–H and O–H groups in total. The SMILES string of the molecule is Cl.Nc1nc2nc[nH]c2c(=O)n1CCC1CC1. The third kappa shape index (κ3) is 2.12. The van der Waals surface area contributed by atoms with Crippen molar-refractivity contribution in [1.29, 1.82) is 0 Å². The van der Waals surface area contributed by atoms with E-state index in [1.807, 2.05) is 0 Å². The number of nitrogens with zero attached hydrogens (tertiary/aromatic N) is 3. The van der Waals surface area contributed by atoms with Gasteiger partial charge in [-0.3, -0.25) is 9.36 Å². The molecule has 92 valence electrons. The lowest BCUT2D eigenvalue weighted by atomic mass is 10.3. The van der Waals surface area contributed by atoms with Gasteiger partial charge in [-0.05, 0) is 12.3 Å². The van der Waals surface area contributed by atoms with Gasteiger partial charge in [0.25, 0.3) is 5.56 Å². The summed E-state index contributed by atoms with van der Waals surface area (Å²) >= 11 is 0. The zero-order valence-corrected chi connectivity index (χ0v) is 10.0. The molecule has 3 rings (SSSR count). The van der Waals surface area contributed by atoms with Gasteiger partial charge in [-0.25, -0.2) is 4.98 Å². The van der Waals surface area contributed by atoms with Gasteiger partial charge >= 0.3 is 0 Å². The van der Waals surface area contributed by atoms with Crippen molar-refractivity contribution in [3.8, 4) is 0 Å². The first-order chi connectivity index (χ1) is 7.75. The van der Waals surface area contributed by atoms with Crippen LogP contribution in [-0.4, -0.2) is 19.5 Å². The first kappa shape index (κ1) is 11.9. The third-order valence-corrected chi connectivity index (χ3v) is 3.03. The first-order valence-electron chi connectivity index (χ1n) is 5.45. The Hall–Kier alpha value is -1.56. The van der Waals surface area contributed by atoms with Crippen molar-refractivity contribution in [2.24, 2.45) is 5.92 Å². The van der Waals surface area contributed by atoms with Gasteiger partial charge in [0.2, 0.25) is 5.95 Å². The van der Waals surface area contributed by atoms with Crippen LogP contribution in [-0.2, 0) is 6.54 Å². The monoisotopic (exact) mass is 255 g/mol. The van der Waals surface area contributed by atoms with Crippen molar-refractivity contribution >= 4 is 29.5 Å². The van der Waals surface area contributed by atoms with Crippen molar-refractivity contribution in [3.05, 3.63) is 16.7 Å². The summed E-state index contributed by atoms with van der Waals surface area (Å²) in [5, 5.41) is 0. The number of imidazole rings is 1. The predicted octanol–water partition coefficient (Wildman–Crippen LogP) is 0.924. The van der Waals surface area contributed by atoms with Crippen LogP contribution in [0.25, 0.3) is 11.2 Å². The van der Waals surface area contributed by atoms with Crippen molar-refractivity contribution in [3.63, 3.8) is 0 Å². The molecule has 2 aromatic rings. The molecule has 6 nitrogen and oxygen atoms in total. The van der Waals surface area contributed by atoms with Crippen LogP contribution in [0.1, 0.15) is 19.3 Å². The van der Waals surface area contributed by atoms with E-state index in [2.05, 4.69) is 15.0 Å². The minimum absolute atomic E-state index is 0. The highest BCUT2D eigenvalue weighted by atomic mass is 35.5. The molecule has 1 aliphatic carbocycles. The number of aromatic amines is 1. The van der Waals surface area contributed by atoms with Gasteiger partial charge in [0.1, 0.15) is 0 Å². The molecule has 2 aromatic heterocycles. The van der Waals surface area contributed by atoms with E-state index in [1.54, 1.807) is 0 Å². The zero-order chi connectivity index (χ0) is 11.1. The Bertz CT molecular complexity index is 586. The van der Waals surface area contributed by atoms with Crippen LogP contribution in [0, 0.1) is 5.92 Å². The summed E-state index contributed by atoms with van der Waals surface area (Å²) in [7, 11) is 0. The molecule has 0 aliphatic heterocycles. The number of rotatable bonds is 3. The van der Waals surface area contributed by atoms with E-state index in [0.717, 1.165) is 12.3 Å². The highest BCUT2D eigenvalue weighted by Crippen LogP contribution is 2.32. The predicted molar refractivity (Wildman–Crippen MR) is 67.2 cm³/mol. The average Bonchev–Trinajstić information content (AvgIpc) is 2.96. The number of nitrogen functional groups attached to an aromatic ring is 1. The summed E-state index contributed by atoms with van der Waals surface area (Å²) in [6.45, 7) is 0.650. The molecule has 1 aliphatic rings. The van der Waals surface area contributed by atoms with Gasteiger partial charge in [-0.2, -0.15) is 4.98 Å². The molecule has 2 heterocycles. The first-order valence-corrected chi connectivity index (χ1v) is 5.45. The number of aromatic nitrogens is 4. The van der Waals surface area contributed by atoms with Crippen LogP contribution in [0.2, 0.25) is 0 Å². The van der Waals surface area contributed by atoms with Gasteiger partial charge in [0, 0.05) is 6.54 Å². The maximum Gasteiger partial charge on any atom is 0.280 e. The standard InChI is InChI=1S/C10H13N5O.ClH/c11-10-14-8-7(12-5-13-8)9(16)15(10)4-3-6-1-2-6;/h5-6H,1-4H2,(H2,11,14)(H,12,13);1H. The highest BCUT2D eigenvalue weighted by molar-refractivity contribution is 5.85. The quantitative estimate of drug-likeness (QED) is 0.854. The molecule has 0 aromatic carbocycles. The van der Waals surface area contributed by atoms with Gasteiger partial charge in [0.05, 0.1) is 6.33 Å². The molecular weight excluding hydrogens is 242 g/mol. The Morgan fingerprint density at radius 1 is 1.53 bits per heavy atom. The number of fused-ring (bicyclic) bond motifs is 1. The Morgan fingerprint density at radius 3 is 3.00 bits per heavy atom. The fraction of sp³-hybridized carbons (Fsp3) is 0.500. The minimum atomic E-state index is -0.124. The highest BCUT2D eigenvalue weighted by Gasteiger charge is 2.21. The third-order valence-electron chi connectivity index (χ3n) is 3.03. The summed E-state index contributed by atoms with van der Waals surface area (Å²) in [6, 6.07) is 0. The Kier molecular flexibility index (Phi) is 3.06. The summed E-state index contributed by atoms with van der Waals surface area (Å²) in [4.78, 5) is 22.8. The van der Waals surface area contributed by atoms with Crippen molar-refractivity contribution in [1.82, 2.24) is 19.5 Å². The van der Waals surface area contributed by atoms with Crippen LogP contribution in [0.5, 0.6) is 0 Å². The summed E-state index contributed by atoms with van der Waals surface area (Å²) in [6.07, 6.45) is 5.01. The number of anilines is 1. The maximum absolute atomic E-state index is 12.0. The van der Waals surface area contributed by atoms with Crippen LogP contribution in [0.3, 0.4) is 0 Å². The molecule has 0 atom stereocenters. The van der Waals surface area contributed by atoms with Crippen molar-refractivity contribution in [2.45, 2.75) is 25.8 Å². The second-order valence-electron chi connectivity index (χ2n) is 4.26. The second-order valence-corrected chi connectivity index (χ2v) is 4.26. The topological polar surface area (TPSA) is 89.6 Å². The fourth-order valence-electron chi connectivity index (χ4n) is 1.87. The van der Waals surface area contributed by atoms with E-state index in [4.69, 9.17) is 5.73 Å². The molecule has 17 heavy (non-hydrogen) atoms. The van der Waals surface area contributed by atoms with E-state index in [1.165, 1.54) is 23.7 Å². The van der Waals surface area contributed by atoms with E-state index in [0.29, 0.717) is 17.7 Å². The van der Waals surface area contributed by atoms with Gasteiger partial charge < -0.3 is 10.7 Å². The van der Waals surface area contributed by atoms with Crippen LogP contribution in [0.15, 0.2) is 11.1 Å². The molecule has 0 bridgehead atoms. The molecule has 7 heteroatoms. The molecule has 0 unspecified atom stereocenters. The van der Waals surface area contributed by atoms with Crippen molar-refractivity contribution in [2.75, 3.05) is 5.73 Å². The second kappa shape index (κ2) is 4.37. The molecule has 0 radical (unpaired) electrons.